The van der Waals surface area contributed by atoms with Crippen LogP contribution in [0.4, 0.5) is 0 Å². The Morgan fingerprint density at radius 3 is 2.71 bits per heavy atom. The lowest BCUT2D eigenvalue weighted by molar-refractivity contribution is -0.0123. The van der Waals surface area contributed by atoms with E-state index in [4.69, 9.17) is 14.1 Å². The van der Waals surface area contributed by atoms with Crippen molar-refractivity contribution in [3.05, 3.63) is 88.8 Å². The number of likely N-dealkylation sites (tertiary alicyclic amines) is 1. The minimum atomic E-state index is -0.213. The number of para-hydroxylation sites is 1. The highest BCUT2D eigenvalue weighted by Gasteiger charge is 2.54. The van der Waals surface area contributed by atoms with Gasteiger partial charge in [-0.25, -0.2) is 4.98 Å². The lowest BCUT2D eigenvalue weighted by atomic mass is 9.72. The molecular weight excluding hydrogens is 446 g/mol. The zero-order valence-electron chi connectivity index (χ0n) is 19.1. The minimum absolute atomic E-state index is 0.128. The van der Waals surface area contributed by atoms with Crippen molar-refractivity contribution < 1.29 is 13.9 Å². The second kappa shape index (κ2) is 8.65. The third-order valence-electron chi connectivity index (χ3n) is 7.41. The Labute approximate surface area is 202 Å². The summed E-state index contributed by atoms with van der Waals surface area (Å²) in [5, 5.41) is 4.36. The lowest BCUT2D eigenvalue weighted by Crippen LogP contribution is -2.50. The number of ether oxygens (including phenoxy) is 1. The van der Waals surface area contributed by atoms with Crippen LogP contribution >= 0.6 is 11.3 Å². The number of benzene rings is 2. The van der Waals surface area contributed by atoms with Crippen molar-refractivity contribution in [1.82, 2.24) is 15.2 Å². The Bertz CT molecular complexity index is 1270. The molecule has 174 valence electrons. The van der Waals surface area contributed by atoms with Crippen molar-refractivity contribution in [2.45, 2.75) is 36.9 Å². The quantitative estimate of drug-likeness (QED) is 0.446. The number of amides is 1. The highest BCUT2D eigenvalue weighted by Crippen LogP contribution is 2.52. The van der Waals surface area contributed by atoms with E-state index in [-0.39, 0.29) is 23.5 Å². The van der Waals surface area contributed by atoms with Crippen LogP contribution in [-0.4, -0.2) is 42.1 Å². The number of hydrogen-bond donors (Lipinski definition) is 1. The van der Waals surface area contributed by atoms with Crippen LogP contribution in [0, 0.1) is 0 Å². The predicted octanol–water partition coefficient (Wildman–Crippen LogP) is 4.92. The Kier molecular flexibility index (Phi) is 5.48. The first kappa shape index (κ1) is 21.5. The van der Waals surface area contributed by atoms with E-state index in [1.54, 1.807) is 30.6 Å². The number of nitrogens with zero attached hydrogens (tertiary/aromatic N) is 2. The molecule has 2 aromatic carbocycles. The largest absolute Gasteiger partial charge is 0.459 e. The lowest BCUT2D eigenvalue weighted by Gasteiger charge is -2.44. The van der Waals surface area contributed by atoms with Gasteiger partial charge < -0.3 is 14.5 Å². The van der Waals surface area contributed by atoms with Gasteiger partial charge in [0.1, 0.15) is 5.01 Å². The molecule has 4 aromatic rings. The SMILES string of the molecule is CO[C@H]1[C@H](NC(=O)c2ccco2)c2ccccc2C12CCN(Cc1nc3ccccc3s1)CC2. The number of nitrogens with one attached hydrogen (secondary N) is 1. The summed E-state index contributed by atoms with van der Waals surface area (Å²) >= 11 is 1.78. The number of fused-ring (bicyclic) bond motifs is 3. The molecule has 6 nitrogen and oxygen atoms in total. The first-order valence-corrected chi connectivity index (χ1v) is 12.5. The van der Waals surface area contributed by atoms with Gasteiger partial charge in [-0.05, 0) is 61.3 Å². The molecule has 1 spiro atoms. The number of rotatable bonds is 5. The van der Waals surface area contributed by atoms with Crippen LogP contribution in [0.25, 0.3) is 10.2 Å². The van der Waals surface area contributed by atoms with Crippen LogP contribution < -0.4 is 5.32 Å². The summed E-state index contributed by atoms with van der Waals surface area (Å²) in [6.45, 7) is 2.79. The van der Waals surface area contributed by atoms with Crippen LogP contribution in [0.15, 0.2) is 71.3 Å². The summed E-state index contributed by atoms with van der Waals surface area (Å²) < 4.78 is 12.7. The summed E-state index contributed by atoms with van der Waals surface area (Å²) in [7, 11) is 1.76. The summed E-state index contributed by atoms with van der Waals surface area (Å²) in [6, 6.07) is 20.0. The molecule has 1 amide bonds. The van der Waals surface area contributed by atoms with E-state index < -0.39 is 0 Å². The van der Waals surface area contributed by atoms with E-state index in [1.807, 2.05) is 12.1 Å². The molecule has 1 saturated heterocycles. The van der Waals surface area contributed by atoms with Crippen molar-refractivity contribution in [3.8, 4) is 0 Å². The first-order valence-electron chi connectivity index (χ1n) is 11.7. The van der Waals surface area contributed by atoms with Gasteiger partial charge in [-0.3, -0.25) is 9.69 Å². The number of furan rings is 1. The van der Waals surface area contributed by atoms with Crippen molar-refractivity contribution >= 4 is 27.5 Å². The van der Waals surface area contributed by atoms with E-state index in [9.17, 15) is 4.79 Å². The van der Waals surface area contributed by atoms with Crippen LogP contribution in [-0.2, 0) is 16.7 Å². The molecule has 0 unspecified atom stereocenters. The second-order valence-corrected chi connectivity index (χ2v) is 10.3. The second-order valence-electron chi connectivity index (χ2n) is 9.18. The van der Waals surface area contributed by atoms with Crippen molar-refractivity contribution in [1.29, 1.82) is 0 Å². The fourth-order valence-corrected chi connectivity index (χ4v) is 6.84. The van der Waals surface area contributed by atoms with Gasteiger partial charge >= 0.3 is 0 Å². The predicted molar refractivity (Wildman–Crippen MR) is 132 cm³/mol. The number of thiazole rings is 1. The maximum Gasteiger partial charge on any atom is 0.287 e. The number of aromatic nitrogens is 1. The molecule has 2 atom stereocenters. The summed E-state index contributed by atoms with van der Waals surface area (Å²) in [4.78, 5) is 20.2. The standard InChI is InChI=1S/C27H27N3O3S/c1-32-25-24(29-26(31)21-10-6-16-33-21)18-7-2-3-8-19(18)27(25)12-14-30(15-13-27)17-23-28-20-9-4-5-11-22(20)34-23/h2-11,16,24-25H,12-15,17H2,1H3,(H,29,31)/t24-,25+/m1/s1. The fourth-order valence-electron chi connectivity index (χ4n) is 5.84. The zero-order valence-corrected chi connectivity index (χ0v) is 19.9. The molecule has 0 bridgehead atoms. The molecular formula is C27H27N3O3S. The number of piperidine rings is 1. The van der Waals surface area contributed by atoms with Crippen molar-refractivity contribution in [2.75, 3.05) is 20.2 Å². The number of methoxy groups -OCH3 is 1. The van der Waals surface area contributed by atoms with Gasteiger partial charge in [0, 0.05) is 12.5 Å². The van der Waals surface area contributed by atoms with E-state index in [0.717, 1.165) is 48.6 Å². The summed E-state index contributed by atoms with van der Waals surface area (Å²) in [5.74, 6) is 0.108. The molecule has 1 N–H and O–H groups in total. The molecule has 0 radical (unpaired) electrons. The molecule has 0 saturated carbocycles. The molecule has 2 aromatic heterocycles. The van der Waals surface area contributed by atoms with Gasteiger partial charge in [-0.15, -0.1) is 11.3 Å². The van der Waals surface area contributed by atoms with E-state index >= 15 is 0 Å². The molecule has 1 fully saturated rings. The van der Waals surface area contributed by atoms with Gasteiger partial charge in [0.05, 0.1) is 35.2 Å². The zero-order chi connectivity index (χ0) is 23.1. The smallest absolute Gasteiger partial charge is 0.287 e. The average Bonchev–Trinajstić information content (AvgIpc) is 3.59. The Morgan fingerprint density at radius 2 is 1.94 bits per heavy atom. The summed E-state index contributed by atoms with van der Waals surface area (Å²) in [6.07, 6.45) is 3.34. The molecule has 7 heteroatoms. The monoisotopic (exact) mass is 473 g/mol. The maximum absolute atomic E-state index is 12.9. The van der Waals surface area contributed by atoms with E-state index in [2.05, 4.69) is 46.6 Å². The van der Waals surface area contributed by atoms with Gasteiger partial charge in [-0.2, -0.15) is 0 Å². The third kappa shape index (κ3) is 3.55. The van der Waals surface area contributed by atoms with Crippen molar-refractivity contribution in [3.63, 3.8) is 0 Å². The number of carbonyl (C=O) groups is 1. The first-order chi connectivity index (χ1) is 16.7. The molecule has 1 aliphatic heterocycles. The average molecular weight is 474 g/mol. The maximum atomic E-state index is 12.9. The van der Waals surface area contributed by atoms with Crippen molar-refractivity contribution in [2.24, 2.45) is 0 Å². The Morgan fingerprint density at radius 1 is 1.15 bits per heavy atom. The van der Waals surface area contributed by atoms with Gasteiger partial charge in [0.2, 0.25) is 0 Å². The topological polar surface area (TPSA) is 67.6 Å². The van der Waals surface area contributed by atoms with E-state index in [0.29, 0.717) is 5.76 Å². The minimum Gasteiger partial charge on any atom is -0.459 e. The Balaban J connectivity index is 1.23. The van der Waals surface area contributed by atoms with Crippen LogP contribution in [0.5, 0.6) is 0 Å². The third-order valence-corrected chi connectivity index (χ3v) is 8.43. The molecule has 2 aliphatic rings. The van der Waals surface area contributed by atoms with Crippen LogP contribution in [0.2, 0.25) is 0 Å². The molecule has 34 heavy (non-hydrogen) atoms. The number of carbonyl (C=O) groups excluding carboxylic acids is 1. The van der Waals surface area contributed by atoms with Gasteiger partial charge in [0.25, 0.3) is 5.91 Å². The molecule has 6 rings (SSSR count). The Hall–Kier alpha value is -3.00. The summed E-state index contributed by atoms with van der Waals surface area (Å²) in [5.41, 5.74) is 3.40. The highest BCUT2D eigenvalue weighted by atomic mass is 32.1. The van der Waals surface area contributed by atoms with E-state index in [1.165, 1.54) is 16.5 Å². The van der Waals surface area contributed by atoms with Gasteiger partial charge in [0.15, 0.2) is 5.76 Å². The molecule has 1 aliphatic carbocycles. The molecule has 3 heterocycles. The fraction of sp³-hybridized carbons (Fsp3) is 0.333. The van der Waals surface area contributed by atoms with Crippen LogP contribution in [0.1, 0.15) is 45.6 Å². The highest BCUT2D eigenvalue weighted by molar-refractivity contribution is 7.18. The normalized spacial score (nSPS) is 21.7. The van der Waals surface area contributed by atoms with Crippen LogP contribution in [0.3, 0.4) is 0 Å². The number of hydrogen-bond acceptors (Lipinski definition) is 6. The van der Waals surface area contributed by atoms with Gasteiger partial charge in [-0.1, -0.05) is 36.4 Å².